The molecule has 8 nitrogen and oxygen atoms in total. The summed E-state index contributed by atoms with van der Waals surface area (Å²) in [7, 11) is -2.52. The van der Waals surface area contributed by atoms with Crippen molar-refractivity contribution in [1.82, 2.24) is 0 Å². The number of carbonyl (C=O) groups is 1. The molecule has 0 aliphatic carbocycles. The normalized spacial score (nSPS) is 15.2. The van der Waals surface area contributed by atoms with Crippen LogP contribution in [0.15, 0.2) is 35.2 Å². The predicted molar refractivity (Wildman–Crippen MR) is 110 cm³/mol. The standard InChI is InChI=1S/C20H24N2O6S/c1-5-27-20-9-14-8-12(2)28-19(14)11-17(20)22-29(24,25)15-6-7-18(26-4)16(10-15)21-13(3)23/h6-7,9-12,22H,5,8H2,1-4H3,(H,21,23)/t12-/m1/s1. The minimum Gasteiger partial charge on any atom is -0.495 e. The Morgan fingerprint density at radius 3 is 2.62 bits per heavy atom. The van der Waals surface area contributed by atoms with Crippen molar-refractivity contribution in [2.24, 2.45) is 0 Å². The summed E-state index contributed by atoms with van der Waals surface area (Å²) < 4.78 is 45.1. The van der Waals surface area contributed by atoms with Gasteiger partial charge in [-0.3, -0.25) is 9.52 Å². The summed E-state index contributed by atoms with van der Waals surface area (Å²) >= 11 is 0. The molecule has 1 heterocycles. The second kappa shape index (κ2) is 8.20. The van der Waals surface area contributed by atoms with E-state index in [0.717, 1.165) is 12.0 Å². The lowest BCUT2D eigenvalue weighted by Crippen LogP contribution is -2.15. The first-order valence-corrected chi connectivity index (χ1v) is 10.7. The van der Waals surface area contributed by atoms with Gasteiger partial charge in [-0.15, -0.1) is 0 Å². The number of amides is 1. The van der Waals surface area contributed by atoms with E-state index in [1.807, 2.05) is 13.8 Å². The molecule has 1 amide bonds. The average molecular weight is 420 g/mol. The van der Waals surface area contributed by atoms with Gasteiger partial charge in [-0.2, -0.15) is 0 Å². The molecule has 0 saturated carbocycles. The molecule has 0 radical (unpaired) electrons. The van der Waals surface area contributed by atoms with Crippen LogP contribution in [0.25, 0.3) is 0 Å². The third-order valence-corrected chi connectivity index (χ3v) is 5.70. The first kappa shape index (κ1) is 20.8. The summed E-state index contributed by atoms with van der Waals surface area (Å²) in [6.45, 7) is 5.50. The summed E-state index contributed by atoms with van der Waals surface area (Å²) in [6.07, 6.45) is 0.759. The minimum absolute atomic E-state index is 0.0214. The molecule has 1 atom stereocenters. The molecular formula is C20H24N2O6S. The zero-order valence-electron chi connectivity index (χ0n) is 16.7. The smallest absolute Gasteiger partial charge is 0.262 e. The van der Waals surface area contributed by atoms with Gasteiger partial charge >= 0.3 is 0 Å². The summed E-state index contributed by atoms with van der Waals surface area (Å²) in [6, 6.07) is 7.67. The number of benzene rings is 2. The third kappa shape index (κ3) is 4.56. The molecule has 1 aliphatic heterocycles. The highest BCUT2D eigenvalue weighted by Gasteiger charge is 2.25. The predicted octanol–water partition coefficient (Wildman–Crippen LogP) is 3.18. The number of hydrogen-bond acceptors (Lipinski definition) is 6. The van der Waals surface area contributed by atoms with Crippen molar-refractivity contribution in [2.75, 3.05) is 23.8 Å². The third-order valence-electron chi connectivity index (χ3n) is 4.33. The first-order valence-electron chi connectivity index (χ1n) is 9.18. The molecule has 0 spiro atoms. The van der Waals surface area contributed by atoms with Crippen LogP contribution < -0.4 is 24.2 Å². The maximum absolute atomic E-state index is 13.0. The number of carbonyl (C=O) groups excluding carboxylic acids is 1. The van der Waals surface area contributed by atoms with E-state index in [1.54, 1.807) is 12.1 Å². The number of rotatable bonds is 7. The van der Waals surface area contributed by atoms with Crippen molar-refractivity contribution < 1.29 is 27.4 Å². The highest BCUT2D eigenvalue weighted by atomic mass is 32.2. The van der Waals surface area contributed by atoms with Gasteiger partial charge in [0.05, 0.1) is 30.0 Å². The van der Waals surface area contributed by atoms with Crippen LogP contribution in [0.2, 0.25) is 0 Å². The monoisotopic (exact) mass is 420 g/mol. The molecule has 1 aliphatic rings. The lowest BCUT2D eigenvalue weighted by Gasteiger charge is -2.16. The molecule has 29 heavy (non-hydrogen) atoms. The fourth-order valence-corrected chi connectivity index (χ4v) is 4.23. The molecule has 156 valence electrons. The fraction of sp³-hybridized carbons (Fsp3) is 0.350. The summed E-state index contributed by atoms with van der Waals surface area (Å²) in [5.74, 6) is 1.08. The second-order valence-corrected chi connectivity index (χ2v) is 8.35. The number of nitrogens with one attached hydrogen (secondary N) is 2. The fourth-order valence-electron chi connectivity index (χ4n) is 3.14. The van der Waals surface area contributed by atoms with Gasteiger partial charge in [0.25, 0.3) is 10.0 Å². The van der Waals surface area contributed by atoms with Gasteiger partial charge in [-0.25, -0.2) is 8.42 Å². The topological polar surface area (TPSA) is 103 Å². The van der Waals surface area contributed by atoms with E-state index in [0.29, 0.717) is 23.9 Å². The number of hydrogen-bond donors (Lipinski definition) is 2. The van der Waals surface area contributed by atoms with Crippen LogP contribution in [0.1, 0.15) is 26.3 Å². The molecule has 9 heteroatoms. The molecule has 0 fully saturated rings. The Bertz CT molecular complexity index is 1040. The number of methoxy groups -OCH3 is 1. The molecule has 3 rings (SSSR count). The van der Waals surface area contributed by atoms with E-state index in [2.05, 4.69) is 10.0 Å². The van der Waals surface area contributed by atoms with Gasteiger partial charge in [0.2, 0.25) is 5.91 Å². The zero-order valence-corrected chi connectivity index (χ0v) is 17.6. The largest absolute Gasteiger partial charge is 0.495 e. The van der Waals surface area contributed by atoms with Gasteiger partial charge in [0.15, 0.2) is 0 Å². The van der Waals surface area contributed by atoms with Crippen molar-refractivity contribution in [2.45, 2.75) is 38.2 Å². The van der Waals surface area contributed by atoms with Gasteiger partial charge in [0, 0.05) is 25.0 Å². The summed E-state index contributed by atoms with van der Waals surface area (Å²) in [5, 5.41) is 2.57. The first-order chi connectivity index (χ1) is 13.7. The molecule has 2 N–H and O–H groups in total. The number of fused-ring (bicyclic) bond motifs is 1. The van der Waals surface area contributed by atoms with Gasteiger partial charge in [-0.1, -0.05) is 0 Å². The molecule has 0 bridgehead atoms. The lowest BCUT2D eigenvalue weighted by atomic mass is 10.1. The highest BCUT2D eigenvalue weighted by Crippen LogP contribution is 2.39. The molecule has 2 aromatic rings. The van der Waals surface area contributed by atoms with E-state index in [-0.39, 0.29) is 28.3 Å². The van der Waals surface area contributed by atoms with E-state index in [1.165, 1.54) is 32.2 Å². The van der Waals surface area contributed by atoms with Crippen LogP contribution in [-0.2, 0) is 21.2 Å². The van der Waals surface area contributed by atoms with Crippen molar-refractivity contribution in [1.29, 1.82) is 0 Å². The van der Waals surface area contributed by atoms with Crippen LogP contribution in [-0.4, -0.2) is 34.1 Å². The average Bonchev–Trinajstić information content (AvgIpc) is 3.00. The number of anilines is 2. The van der Waals surface area contributed by atoms with Gasteiger partial charge in [-0.05, 0) is 38.1 Å². The highest BCUT2D eigenvalue weighted by molar-refractivity contribution is 7.92. The Kier molecular flexibility index (Phi) is 5.88. The number of sulfonamides is 1. The van der Waals surface area contributed by atoms with Gasteiger partial charge in [0.1, 0.15) is 23.4 Å². The van der Waals surface area contributed by atoms with Crippen LogP contribution >= 0.6 is 0 Å². The van der Waals surface area contributed by atoms with Crippen LogP contribution in [0.5, 0.6) is 17.2 Å². The summed E-state index contributed by atoms with van der Waals surface area (Å²) in [5.41, 5.74) is 1.52. The van der Waals surface area contributed by atoms with Crippen molar-refractivity contribution in [3.8, 4) is 17.2 Å². The Morgan fingerprint density at radius 2 is 1.97 bits per heavy atom. The van der Waals surface area contributed by atoms with E-state index >= 15 is 0 Å². The van der Waals surface area contributed by atoms with Crippen molar-refractivity contribution in [3.05, 3.63) is 35.9 Å². The Balaban J connectivity index is 1.97. The maximum atomic E-state index is 13.0. The minimum atomic E-state index is -3.96. The Morgan fingerprint density at radius 1 is 1.21 bits per heavy atom. The lowest BCUT2D eigenvalue weighted by molar-refractivity contribution is -0.114. The SMILES string of the molecule is CCOc1cc2c(cc1NS(=O)(=O)c1ccc(OC)c(NC(C)=O)c1)O[C@H](C)C2. The molecule has 2 aromatic carbocycles. The Hall–Kier alpha value is -2.94. The summed E-state index contributed by atoms with van der Waals surface area (Å²) in [4.78, 5) is 11.4. The zero-order chi connectivity index (χ0) is 21.2. The van der Waals surface area contributed by atoms with E-state index in [4.69, 9.17) is 14.2 Å². The van der Waals surface area contributed by atoms with Crippen LogP contribution in [0, 0.1) is 0 Å². The van der Waals surface area contributed by atoms with Crippen LogP contribution in [0.3, 0.4) is 0 Å². The van der Waals surface area contributed by atoms with Crippen LogP contribution in [0.4, 0.5) is 11.4 Å². The van der Waals surface area contributed by atoms with Gasteiger partial charge < -0.3 is 19.5 Å². The molecular weight excluding hydrogens is 396 g/mol. The van der Waals surface area contributed by atoms with E-state index in [9.17, 15) is 13.2 Å². The Labute approximate surface area is 170 Å². The molecule has 0 aromatic heterocycles. The molecule has 0 saturated heterocycles. The van der Waals surface area contributed by atoms with E-state index < -0.39 is 10.0 Å². The van der Waals surface area contributed by atoms with Crippen molar-refractivity contribution in [3.63, 3.8) is 0 Å². The molecule has 0 unspecified atom stereocenters. The van der Waals surface area contributed by atoms with Crippen molar-refractivity contribution >= 4 is 27.3 Å². The maximum Gasteiger partial charge on any atom is 0.262 e. The number of ether oxygens (including phenoxy) is 3. The second-order valence-electron chi connectivity index (χ2n) is 6.67. The quantitative estimate of drug-likeness (QED) is 0.713.